The second-order valence-corrected chi connectivity index (χ2v) is 6.17. The van der Waals surface area contributed by atoms with Gasteiger partial charge < -0.3 is 14.7 Å². The van der Waals surface area contributed by atoms with Crippen molar-refractivity contribution < 1.29 is 9.84 Å². The summed E-state index contributed by atoms with van der Waals surface area (Å²) in [4.78, 5) is 1.98. The van der Waals surface area contributed by atoms with Crippen LogP contribution in [0.1, 0.15) is 71.1 Å². The minimum atomic E-state index is -0.354. The summed E-state index contributed by atoms with van der Waals surface area (Å²) in [6.45, 7) is 4.20. The minimum absolute atomic E-state index is 0.354. The van der Waals surface area contributed by atoms with E-state index < -0.39 is 0 Å². The molecule has 0 aliphatic rings. The van der Waals surface area contributed by atoms with Crippen LogP contribution in [0.3, 0.4) is 0 Å². The lowest BCUT2D eigenvalue weighted by molar-refractivity contribution is 0.0229. The molecule has 0 heterocycles. The van der Waals surface area contributed by atoms with E-state index in [1.807, 2.05) is 19.0 Å². The first-order valence-corrected chi connectivity index (χ1v) is 8.57. The normalized spacial score (nSPS) is 13.1. The number of hydrogen-bond acceptors (Lipinski definition) is 3. The number of aliphatic hydroxyl groups is 1. The van der Waals surface area contributed by atoms with Crippen LogP contribution in [-0.2, 0) is 4.74 Å². The first-order chi connectivity index (χ1) is 9.66. The summed E-state index contributed by atoms with van der Waals surface area (Å²) < 4.78 is 5.49. The van der Waals surface area contributed by atoms with Gasteiger partial charge in [-0.2, -0.15) is 0 Å². The lowest BCUT2D eigenvalue weighted by Crippen LogP contribution is -2.29. The van der Waals surface area contributed by atoms with Crippen molar-refractivity contribution in [3.05, 3.63) is 0 Å². The highest BCUT2D eigenvalue weighted by atomic mass is 16.5. The van der Waals surface area contributed by atoms with Gasteiger partial charge in [0.15, 0.2) is 0 Å². The fourth-order valence-electron chi connectivity index (χ4n) is 2.39. The van der Waals surface area contributed by atoms with Crippen molar-refractivity contribution in [2.24, 2.45) is 0 Å². The molecule has 0 aromatic heterocycles. The summed E-state index contributed by atoms with van der Waals surface area (Å²) in [5.41, 5.74) is 0. The van der Waals surface area contributed by atoms with Gasteiger partial charge in [0.2, 0.25) is 0 Å². The average Bonchev–Trinajstić information content (AvgIpc) is 2.39. The Morgan fingerprint density at radius 3 is 1.85 bits per heavy atom. The highest BCUT2D eigenvalue weighted by molar-refractivity contribution is 4.56. The fraction of sp³-hybridized carbons (Fsp3) is 1.00. The molecular weight excluding hydrogens is 250 g/mol. The number of ether oxygens (including phenoxy) is 1. The van der Waals surface area contributed by atoms with Crippen molar-refractivity contribution in [1.82, 2.24) is 4.90 Å². The zero-order chi connectivity index (χ0) is 15.1. The van der Waals surface area contributed by atoms with E-state index in [4.69, 9.17) is 4.74 Å². The third kappa shape index (κ3) is 15.9. The van der Waals surface area contributed by atoms with Crippen LogP contribution in [0.25, 0.3) is 0 Å². The van der Waals surface area contributed by atoms with Crippen LogP contribution in [0, 0.1) is 0 Å². The SMILES string of the molecule is CCCCCCCCCCCCOCC(O)CN(C)C. The molecule has 0 bridgehead atoms. The zero-order valence-electron chi connectivity index (χ0n) is 14.1. The van der Waals surface area contributed by atoms with Crippen molar-refractivity contribution in [3.8, 4) is 0 Å². The Morgan fingerprint density at radius 2 is 1.35 bits per heavy atom. The third-order valence-corrected chi connectivity index (χ3v) is 3.53. The number of nitrogens with zero attached hydrogens (tertiary/aromatic N) is 1. The Balaban J connectivity index is 3.06. The second-order valence-electron chi connectivity index (χ2n) is 6.17. The maximum absolute atomic E-state index is 9.61. The fourth-order valence-corrected chi connectivity index (χ4v) is 2.39. The molecule has 1 N–H and O–H groups in total. The molecule has 0 aliphatic heterocycles. The standard InChI is InChI=1S/C17H37NO2/c1-4-5-6-7-8-9-10-11-12-13-14-20-16-17(19)15-18(2)3/h17,19H,4-16H2,1-3H3. The summed E-state index contributed by atoms with van der Waals surface area (Å²) in [5.74, 6) is 0. The van der Waals surface area contributed by atoms with Crippen LogP contribution in [0.4, 0.5) is 0 Å². The summed E-state index contributed by atoms with van der Waals surface area (Å²) in [7, 11) is 3.93. The van der Waals surface area contributed by atoms with Gasteiger partial charge in [0, 0.05) is 13.2 Å². The Labute approximate surface area is 126 Å². The van der Waals surface area contributed by atoms with Gasteiger partial charge in [-0.25, -0.2) is 0 Å². The van der Waals surface area contributed by atoms with Crippen molar-refractivity contribution in [2.75, 3.05) is 33.9 Å². The van der Waals surface area contributed by atoms with Crippen LogP contribution >= 0.6 is 0 Å². The predicted molar refractivity (Wildman–Crippen MR) is 87.2 cm³/mol. The molecule has 3 nitrogen and oxygen atoms in total. The van der Waals surface area contributed by atoms with E-state index in [9.17, 15) is 5.11 Å². The molecule has 0 aromatic rings. The molecular formula is C17H37NO2. The Kier molecular flexibility index (Phi) is 15.2. The van der Waals surface area contributed by atoms with E-state index in [-0.39, 0.29) is 6.10 Å². The van der Waals surface area contributed by atoms with Crippen molar-refractivity contribution in [1.29, 1.82) is 0 Å². The van der Waals surface area contributed by atoms with Crippen molar-refractivity contribution in [2.45, 2.75) is 77.2 Å². The molecule has 1 atom stereocenters. The molecule has 0 aromatic carbocycles. The van der Waals surface area contributed by atoms with Gasteiger partial charge in [-0.1, -0.05) is 64.7 Å². The maximum atomic E-state index is 9.61. The molecule has 0 amide bonds. The van der Waals surface area contributed by atoms with E-state index in [1.54, 1.807) is 0 Å². The smallest absolute Gasteiger partial charge is 0.0899 e. The Hall–Kier alpha value is -0.120. The molecule has 0 spiro atoms. The number of unbranched alkanes of at least 4 members (excludes halogenated alkanes) is 9. The molecule has 3 heteroatoms. The monoisotopic (exact) mass is 287 g/mol. The number of rotatable bonds is 15. The molecule has 20 heavy (non-hydrogen) atoms. The van der Waals surface area contributed by atoms with Gasteiger partial charge in [0.25, 0.3) is 0 Å². The molecule has 0 saturated heterocycles. The lowest BCUT2D eigenvalue weighted by Gasteiger charge is -2.15. The predicted octanol–water partition coefficient (Wildman–Crippen LogP) is 3.85. The molecule has 122 valence electrons. The lowest BCUT2D eigenvalue weighted by atomic mass is 10.1. The summed E-state index contributed by atoms with van der Waals surface area (Å²) in [6.07, 6.45) is 13.1. The minimum Gasteiger partial charge on any atom is -0.389 e. The van der Waals surface area contributed by atoms with Crippen LogP contribution in [0.15, 0.2) is 0 Å². The van der Waals surface area contributed by atoms with Crippen LogP contribution in [-0.4, -0.2) is 50.0 Å². The molecule has 0 aliphatic carbocycles. The van der Waals surface area contributed by atoms with Gasteiger partial charge in [0.1, 0.15) is 0 Å². The first kappa shape index (κ1) is 19.9. The third-order valence-electron chi connectivity index (χ3n) is 3.53. The number of hydrogen-bond donors (Lipinski definition) is 1. The average molecular weight is 287 g/mol. The van der Waals surface area contributed by atoms with Crippen LogP contribution in [0.2, 0.25) is 0 Å². The van der Waals surface area contributed by atoms with E-state index in [0.717, 1.165) is 13.0 Å². The summed E-state index contributed by atoms with van der Waals surface area (Å²) in [6, 6.07) is 0. The topological polar surface area (TPSA) is 32.7 Å². The molecule has 1 unspecified atom stereocenters. The highest BCUT2D eigenvalue weighted by Crippen LogP contribution is 2.10. The van der Waals surface area contributed by atoms with E-state index in [2.05, 4.69) is 6.92 Å². The Morgan fingerprint density at radius 1 is 0.850 bits per heavy atom. The van der Waals surface area contributed by atoms with Gasteiger partial charge in [-0.15, -0.1) is 0 Å². The number of aliphatic hydroxyl groups excluding tert-OH is 1. The molecule has 0 rings (SSSR count). The van der Waals surface area contributed by atoms with E-state index in [0.29, 0.717) is 13.2 Å². The molecule has 0 radical (unpaired) electrons. The first-order valence-electron chi connectivity index (χ1n) is 8.57. The van der Waals surface area contributed by atoms with E-state index in [1.165, 1.54) is 57.8 Å². The molecule has 0 saturated carbocycles. The van der Waals surface area contributed by atoms with Gasteiger partial charge in [-0.05, 0) is 20.5 Å². The largest absolute Gasteiger partial charge is 0.389 e. The van der Waals surface area contributed by atoms with Crippen molar-refractivity contribution in [3.63, 3.8) is 0 Å². The maximum Gasteiger partial charge on any atom is 0.0899 e. The van der Waals surface area contributed by atoms with E-state index >= 15 is 0 Å². The Bertz CT molecular complexity index is 186. The highest BCUT2D eigenvalue weighted by Gasteiger charge is 2.04. The van der Waals surface area contributed by atoms with Crippen LogP contribution < -0.4 is 0 Å². The van der Waals surface area contributed by atoms with Crippen molar-refractivity contribution >= 4 is 0 Å². The number of likely N-dealkylation sites (N-methyl/N-ethyl adjacent to an activating group) is 1. The quantitative estimate of drug-likeness (QED) is 0.464. The zero-order valence-corrected chi connectivity index (χ0v) is 14.1. The van der Waals surface area contributed by atoms with Gasteiger partial charge >= 0.3 is 0 Å². The summed E-state index contributed by atoms with van der Waals surface area (Å²) >= 11 is 0. The van der Waals surface area contributed by atoms with Gasteiger partial charge in [-0.3, -0.25) is 0 Å². The second kappa shape index (κ2) is 15.3. The van der Waals surface area contributed by atoms with Gasteiger partial charge in [0.05, 0.1) is 12.7 Å². The molecule has 0 fully saturated rings. The van der Waals surface area contributed by atoms with Crippen LogP contribution in [0.5, 0.6) is 0 Å². The summed E-state index contributed by atoms with van der Waals surface area (Å²) in [5, 5.41) is 9.61.